The molecule has 0 saturated carbocycles. The quantitative estimate of drug-likeness (QED) is 0.652. The maximum Gasteiger partial charge on any atom is 0.246 e. The van der Waals surface area contributed by atoms with Crippen molar-refractivity contribution in [1.29, 1.82) is 5.26 Å². The molecular formula is C27H28N4O3. The van der Waals surface area contributed by atoms with Gasteiger partial charge in [-0.15, -0.1) is 0 Å². The number of nitrogens with zero attached hydrogens (tertiary/aromatic N) is 2. The first-order valence-corrected chi connectivity index (χ1v) is 11.5. The van der Waals surface area contributed by atoms with Crippen LogP contribution in [0.3, 0.4) is 0 Å². The Morgan fingerprint density at radius 1 is 1.21 bits per heavy atom. The molecule has 4 rings (SSSR count). The Bertz CT molecular complexity index is 1170. The van der Waals surface area contributed by atoms with Crippen LogP contribution in [0.4, 0.5) is 5.69 Å². The minimum Gasteiger partial charge on any atom is -0.341 e. The van der Waals surface area contributed by atoms with E-state index in [1.54, 1.807) is 6.08 Å². The number of benzene rings is 2. The predicted octanol–water partition coefficient (Wildman–Crippen LogP) is 3.25. The van der Waals surface area contributed by atoms with E-state index in [0.717, 1.165) is 16.8 Å². The summed E-state index contributed by atoms with van der Waals surface area (Å²) in [6, 6.07) is 17.5. The molecule has 2 N–H and O–H groups in total. The molecule has 0 aliphatic carbocycles. The molecule has 0 bridgehead atoms. The number of hydrogen-bond donors (Lipinski definition) is 2. The number of carbonyl (C=O) groups is 3. The van der Waals surface area contributed by atoms with Crippen LogP contribution in [0.1, 0.15) is 37.8 Å². The lowest BCUT2D eigenvalue weighted by atomic mass is 9.80. The van der Waals surface area contributed by atoms with E-state index < -0.39 is 17.5 Å². The topological polar surface area (TPSA) is 102 Å². The van der Waals surface area contributed by atoms with Crippen molar-refractivity contribution in [3.8, 4) is 6.07 Å². The average Bonchev–Trinajstić information content (AvgIpc) is 3.35. The van der Waals surface area contributed by atoms with Crippen molar-refractivity contribution in [3.05, 3.63) is 71.8 Å². The van der Waals surface area contributed by atoms with Gasteiger partial charge in [-0.3, -0.25) is 14.4 Å². The summed E-state index contributed by atoms with van der Waals surface area (Å²) in [6.45, 7) is 4.05. The Kier molecular flexibility index (Phi) is 6.51. The fraction of sp³-hybridized carbons (Fsp3) is 0.333. The fourth-order valence-electron chi connectivity index (χ4n) is 4.83. The number of para-hydroxylation sites is 1. The van der Waals surface area contributed by atoms with Crippen molar-refractivity contribution in [2.24, 2.45) is 5.92 Å². The molecule has 174 valence electrons. The molecule has 1 spiro atoms. The number of amides is 3. The third kappa shape index (κ3) is 4.44. The van der Waals surface area contributed by atoms with Crippen LogP contribution in [-0.2, 0) is 19.8 Å². The highest BCUT2D eigenvalue weighted by molar-refractivity contribution is 6.07. The summed E-state index contributed by atoms with van der Waals surface area (Å²) in [5.74, 6) is -0.774. The molecule has 1 saturated heterocycles. The van der Waals surface area contributed by atoms with Gasteiger partial charge in [0.25, 0.3) is 0 Å². The zero-order valence-corrected chi connectivity index (χ0v) is 19.3. The highest BCUT2D eigenvalue weighted by atomic mass is 16.2. The SMILES string of the molecule is CC(C)C[C@H](NC(=O)/C=C/c1ccccc1)C(=O)N1C[C@]2(C[C@H]1C#N)C(=O)Nc1ccccc12. The minimum absolute atomic E-state index is 0.108. The Morgan fingerprint density at radius 3 is 2.62 bits per heavy atom. The van der Waals surface area contributed by atoms with Gasteiger partial charge in [-0.05, 0) is 35.6 Å². The van der Waals surface area contributed by atoms with Gasteiger partial charge < -0.3 is 15.5 Å². The van der Waals surface area contributed by atoms with Crippen LogP contribution in [0.5, 0.6) is 0 Å². The molecule has 2 aliphatic rings. The van der Waals surface area contributed by atoms with E-state index >= 15 is 0 Å². The van der Waals surface area contributed by atoms with Gasteiger partial charge in [-0.2, -0.15) is 5.26 Å². The van der Waals surface area contributed by atoms with Gasteiger partial charge in [0, 0.05) is 24.7 Å². The van der Waals surface area contributed by atoms with E-state index in [1.807, 2.05) is 68.4 Å². The van der Waals surface area contributed by atoms with Gasteiger partial charge in [0.1, 0.15) is 12.1 Å². The smallest absolute Gasteiger partial charge is 0.246 e. The zero-order chi connectivity index (χ0) is 24.3. The number of hydrogen-bond acceptors (Lipinski definition) is 4. The Balaban J connectivity index is 1.55. The molecule has 0 unspecified atom stereocenters. The zero-order valence-electron chi connectivity index (χ0n) is 19.3. The number of fused-ring (bicyclic) bond motifs is 2. The van der Waals surface area contributed by atoms with Crippen molar-refractivity contribution < 1.29 is 14.4 Å². The maximum atomic E-state index is 13.6. The summed E-state index contributed by atoms with van der Waals surface area (Å²) in [6.07, 6.45) is 3.75. The summed E-state index contributed by atoms with van der Waals surface area (Å²) in [7, 11) is 0. The summed E-state index contributed by atoms with van der Waals surface area (Å²) in [4.78, 5) is 40.7. The lowest BCUT2D eigenvalue weighted by Crippen LogP contribution is -2.51. The number of anilines is 1. The Morgan fingerprint density at radius 2 is 1.91 bits per heavy atom. The van der Waals surface area contributed by atoms with E-state index in [4.69, 9.17) is 0 Å². The van der Waals surface area contributed by atoms with E-state index in [9.17, 15) is 19.6 Å². The third-order valence-electron chi connectivity index (χ3n) is 6.46. The number of rotatable bonds is 6. The average molecular weight is 457 g/mol. The summed E-state index contributed by atoms with van der Waals surface area (Å²) >= 11 is 0. The van der Waals surface area contributed by atoms with Crippen LogP contribution >= 0.6 is 0 Å². The highest BCUT2D eigenvalue weighted by Crippen LogP contribution is 2.46. The van der Waals surface area contributed by atoms with E-state index in [1.165, 1.54) is 11.0 Å². The second kappa shape index (κ2) is 9.52. The van der Waals surface area contributed by atoms with Gasteiger partial charge in [-0.25, -0.2) is 0 Å². The van der Waals surface area contributed by atoms with Crippen LogP contribution < -0.4 is 10.6 Å². The largest absolute Gasteiger partial charge is 0.341 e. The third-order valence-corrected chi connectivity index (χ3v) is 6.46. The molecule has 2 aromatic carbocycles. The summed E-state index contributed by atoms with van der Waals surface area (Å²) < 4.78 is 0. The van der Waals surface area contributed by atoms with Crippen molar-refractivity contribution in [2.75, 3.05) is 11.9 Å². The van der Waals surface area contributed by atoms with E-state index in [0.29, 0.717) is 6.42 Å². The van der Waals surface area contributed by atoms with Crippen molar-refractivity contribution in [3.63, 3.8) is 0 Å². The van der Waals surface area contributed by atoms with Crippen molar-refractivity contribution in [2.45, 2.75) is 44.2 Å². The molecule has 7 nitrogen and oxygen atoms in total. The molecule has 0 aromatic heterocycles. The Labute approximate surface area is 199 Å². The number of carbonyl (C=O) groups excluding carboxylic acids is 3. The summed E-state index contributed by atoms with van der Waals surface area (Å²) in [5.41, 5.74) is 1.45. The normalized spacial score (nSPS) is 22.0. The molecule has 2 heterocycles. The van der Waals surface area contributed by atoms with E-state index in [-0.39, 0.29) is 36.6 Å². The first-order valence-electron chi connectivity index (χ1n) is 11.5. The number of likely N-dealkylation sites (tertiary alicyclic amines) is 1. The first-order chi connectivity index (χ1) is 16.3. The fourth-order valence-corrected chi connectivity index (χ4v) is 4.83. The molecule has 34 heavy (non-hydrogen) atoms. The maximum absolute atomic E-state index is 13.6. The lowest BCUT2D eigenvalue weighted by molar-refractivity contribution is -0.136. The number of nitriles is 1. The van der Waals surface area contributed by atoms with Gasteiger partial charge in [0.05, 0.1) is 11.5 Å². The highest BCUT2D eigenvalue weighted by Gasteiger charge is 2.56. The second-order valence-electron chi connectivity index (χ2n) is 9.33. The molecule has 3 amide bonds. The monoisotopic (exact) mass is 456 g/mol. The van der Waals surface area contributed by atoms with Crippen LogP contribution in [0.25, 0.3) is 6.08 Å². The molecule has 3 atom stereocenters. The van der Waals surface area contributed by atoms with Crippen LogP contribution in [0, 0.1) is 17.2 Å². The van der Waals surface area contributed by atoms with Crippen molar-refractivity contribution in [1.82, 2.24) is 10.2 Å². The van der Waals surface area contributed by atoms with Gasteiger partial charge in [0.2, 0.25) is 17.7 Å². The van der Waals surface area contributed by atoms with Gasteiger partial charge >= 0.3 is 0 Å². The van der Waals surface area contributed by atoms with E-state index in [2.05, 4.69) is 16.7 Å². The van der Waals surface area contributed by atoms with Crippen molar-refractivity contribution >= 4 is 29.5 Å². The minimum atomic E-state index is -0.952. The molecule has 0 radical (unpaired) electrons. The van der Waals surface area contributed by atoms with Crippen LogP contribution in [-0.4, -0.2) is 41.2 Å². The van der Waals surface area contributed by atoms with Crippen LogP contribution in [0.2, 0.25) is 0 Å². The lowest BCUT2D eigenvalue weighted by Gasteiger charge is -2.28. The molecule has 2 aromatic rings. The standard InChI is InChI=1S/C27H28N4O3/c1-18(2)14-23(29-24(32)13-12-19-8-4-3-5-9-19)25(33)31-17-27(15-20(31)16-28)21-10-6-7-11-22(21)30-26(27)34/h3-13,18,20,23H,14-15,17H2,1-2H3,(H,29,32)(H,30,34)/b13-12+/t20-,23-,27-/m0/s1. The van der Waals surface area contributed by atoms with Crippen LogP contribution in [0.15, 0.2) is 60.7 Å². The Hall–Kier alpha value is -3.92. The molecule has 2 aliphatic heterocycles. The predicted molar refractivity (Wildman–Crippen MR) is 129 cm³/mol. The van der Waals surface area contributed by atoms with Gasteiger partial charge in [0.15, 0.2) is 0 Å². The van der Waals surface area contributed by atoms with Gasteiger partial charge in [-0.1, -0.05) is 62.4 Å². The second-order valence-corrected chi connectivity index (χ2v) is 9.33. The number of nitrogens with one attached hydrogen (secondary N) is 2. The first kappa shape index (κ1) is 23.2. The summed E-state index contributed by atoms with van der Waals surface area (Å²) in [5, 5.41) is 15.6. The molecular weight excluding hydrogens is 428 g/mol. The molecule has 7 heteroatoms. The molecule has 1 fully saturated rings.